The summed E-state index contributed by atoms with van der Waals surface area (Å²) in [4.78, 5) is 0. The maximum Gasteiger partial charge on any atom is 0.0485 e. The summed E-state index contributed by atoms with van der Waals surface area (Å²) in [5.41, 5.74) is 2.59. The third-order valence-electron chi connectivity index (χ3n) is 2.99. The van der Waals surface area contributed by atoms with Crippen LogP contribution in [0.15, 0.2) is 30.3 Å². The number of allylic oxidation sites excluding steroid dienone is 1. The molecule has 0 aromatic heterocycles. The van der Waals surface area contributed by atoms with Crippen molar-refractivity contribution >= 4 is 6.08 Å². The van der Waals surface area contributed by atoms with Crippen molar-refractivity contribution in [3.05, 3.63) is 41.5 Å². The highest BCUT2D eigenvalue weighted by molar-refractivity contribution is 5.50. The zero-order valence-electron chi connectivity index (χ0n) is 11.4. The van der Waals surface area contributed by atoms with E-state index >= 15 is 0 Å². The standard InChI is InChI=1S/C16H24O/c1-13(2)15-9-5-7-14(11-15)8-6-10-16(3,4)12-17/h5-9,11,13,17H,10,12H2,1-4H3/b8-6+. The minimum Gasteiger partial charge on any atom is -0.396 e. The molecule has 0 saturated heterocycles. The first kappa shape index (κ1) is 14.0. The summed E-state index contributed by atoms with van der Waals surface area (Å²) in [5, 5.41) is 9.17. The molecule has 17 heavy (non-hydrogen) atoms. The molecule has 1 rings (SSSR count). The van der Waals surface area contributed by atoms with Gasteiger partial charge in [-0.15, -0.1) is 0 Å². The average Bonchev–Trinajstić information content (AvgIpc) is 2.29. The Hall–Kier alpha value is -1.08. The number of aliphatic hydroxyl groups excluding tert-OH is 1. The Labute approximate surface area is 105 Å². The molecule has 0 unspecified atom stereocenters. The Morgan fingerprint density at radius 3 is 2.59 bits per heavy atom. The van der Waals surface area contributed by atoms with E-state index in [2.05, 4.69) is 64.1 Å². The zero-order valence-corrected chi connectivity index (χ0v) is 11.4. The molecule has 0 saturated carbocycles. The van der Waals surface area contributed by atoms with Crippen molar-refractivity contribution in [2.24, 2.45) is 5.41 Å². The maximum atomic E-state index is 9.17. The second kappa shape index (κ2) is 6.02. The quantitative estimate of drug-likeness (QED) is 0.805. The first-order valence-corrected chi connectivity index (χ1v) is 6.32. The van der Waals surface area contributed by atoms with E-state index in [9.17, 15) is 5.11 Å². The first-order valence-electron chi connectivity index (χ1n) is 6.32. The van der Waals surface area contributed by atoms with Crippen LogP contribution in [0.4, 0.5) is 0 Å². The molecule has 1 N–H and O–H groups in total. The number of benzene rings is 1. The maximum absolute atomic E-state index is 9.17. The van der Waals surface area contributed by atoms with E-state index in [4.69, 9.17) is 0 Å². The first-order chi connectivity index (χ1) is 7.94. The number of hydrogen-bond acceptors (Lipinski definition) is 1. The van der Waals surface area contributed by atoms with E-state index in [1.54, 1.807) is 0 Å². The molecule has 1 aromatic carbocycles. The fourth-order valence-corrected chi connectivity index (χ4v) is 1.60. The van der Waals surface area contributed by atoms with Gasteiger partial charge in [-0.3, -0.25) is 0 Å². The lowest BCUT2D eigenvalue weighted by Gasteiger charge is -2.18. The Kier molecular flexibility index (Phi) is 4.95. The van der Waals surface area contributed by atoms with E-state index in [1.807, 2.05) is 0 Å². The van der Waals surface area contributed by atoms with Crippen LogP contribution in [-0.4, -0.2) is 11.7 Å². The lowest BCUT2D eigenvalue weighted by molar-refractivity contribution is 0.162. The van der Waals surface area contributed by atoms with Gasteiger partial charge in [-0.25, -0.2) is 0 Å². The van der Waals surface area contributed by atoms with Crippen molar-refractivity contribution < 1.29 is 5.11 Å². The van der Waals surface area contributed by atoms with Crippen LogP contribution in [0.2, 0.25) is 0 Å². The van der Waals surface area contributed by atoms with Gasteiger partial charge in [0.1, 0.15) is 0 Å². The Balaban J connectivity index is 2.69. The van der Waals surface area contributed by atoms with Crippen LogP contribution >= 0.6 is 0 Å². The van der Waals surface area contributed by atoms with E-state index in [1.165, 1.54) is 11.1 Å². The molecule has 0 aliphatic rings. The summed E-state index contributed by atoms with van der Waals surface area (Å²) < 4.78 is 0. The third-order valence-corrected chi connectivity index (χ3v) is 2.99. The van der Waals surface area contributed by atoms with Crippen LogP contribution in [0.25, 0.3) is 6.08 Å². The molecule has 0 spiro atoms. The lowest BCUT2D eigenvalue weighted by Crippen LogP contribution is -2.14. The van der Waals surface area contributed by atoms with Crippen LogP contribution in [0.3, 0.4) is 0 Å². The van der Waals surface area contributed by atoms with Gasteiger partial charge in [-0.05, 0) is 28.9 Å². The minimum atomic E-state index is -0.0217. The molecule has 0 bridgehead atoms. The van der Waals surface area contributed by atoms with Gasteiger partial charge < -0.3 is 5.11 Å². The molecule has 1 heteroatoms. The van der Waals surface area contributed by atoms with Crippen molar-refractivity contribution in [1.29, 1.82) is 0 Å². The van der Waals surface area contributed by atoms with E-state index < -0.39 is 0 Å². The predicted octanol–water partition coefficient (Wildman–Crippen LogP) is 4.23. The average molecular weight is 232 g/mol. The van der Waals surface area contributed by atoms with Gasteiger partial charge >= 0.3 is 0 Å². The number of aliphatic hydroxyl groups is 1. The molecule has 0 fully saturated rings. The van der Waals surface area contributed by atoms with Crippen LogP contribution < -0.4 is 0 Å². The monoisotopic (exact) mass is 232 g/mol. The second-order valence-electron chi connectivity index (χ2n) is 5.75. The molecule has 0 radical (unpaired) electrons. The highest BCUT2D eigenvalue weighted by Crippen LogP contribution is 2.21. The highest BCUT2D eigenvalue weighted by Gasteiger charge is 2.13. The molecule has 1 aromatic rings. The molecule has 0 atom stereocenters. The van der Waals surface area contributed by atoms with Crippen molar-refractivity contribution in [2.45, 2.75) is 40.0 Å². The molecule has 1 nitrogen and oxygen atoms in total. The van der Waals surface area contributed by atoms with Gasteiger partial charge in [0.2, 0.25) is 0 Å². The summed E-state index contributed by atoms with van der Waals surface area (Å²) in [7, 11) is 0. The van der Waals surface area contributed by atoms with Gasteiger partial charge in [0.15, 0.2) is 0 Å². The summed E-state index contributed by atoms with van der Waals surface area (Å²) in [6.07, 6.45) is 5.19. The van der Waals surface area contributed by atoms with Crippen molar-refractivity contribution in [3.63, 3.8) is 0 Å². The van der Waals surface area contributed by atoms with E-state index in [0.717, 1.165) is 6.42 Å². The second-order valence-corrected chi connectivity index (χ2v) is 5.75. The molecule has 0 amide bonds. The van der Waals surface area contributed by atoms with E-state index in [0.29, 0.717) is 5.92 Å². The molecular weight excluding hydrogens is 208 g/mol. The number of rotatable bonds is 5. The summed E-state index contributed by atoms with van der Waals surface area (Å²) in [6.45, 7) is 8.78. The van der Waals surface area contributed by atoms with Crippen LogP contribution in [0.5, 0.6) is 0 Å². The Morgan fingerprint density at radius 2 is 2.00 bits per heavy atom. The summed E-state index contributed by atoms with van der Waals surface area (Å²) in [5.74, 6) is 0.567. The van der Waals surface area contributed by atoms with Crippen LogP contribution in [-0.2, 0) is 0 Å². The van der Waals surface area contributed by atoms with Crippen molar-refractivity contribution in [3.8, 4) is 0 Å². The van der Waals surface area contributed by atoms with E-state index in [-0.39, 0.29) is 12.0 Å². The highest BCUT2D eigenvalue weighted by atomic mass is 16.3. The minimum absolute atomic E-state index is 0.0217. The molecule has 94 valence electrons. The molecular formula is C16H24O. The normalized spacial score (nSPS) is 12.6. The predicted molar refractivity (Wildman–Crippen MR) is 75.0 cm³/mol. The topological polar surface area (TPSA) is 20.2 Å². The van der Waals surface area contributed by atoms with Gasteiger partial charge in [0, 0.05) is 6.61 Å². The Bertz CT molecular complexity index is 375. The number of hydrogen-bond donors (Lipinski definition) is 1. The lowest BCUT2D eigenvalue weighted by atomic mass is 9.90. The van der Waals surface area contributed by atoms with Crippen molar-refractivity contribution in [2.75, 3.05) is 6.61 Å². The fraction of sp³-hybridized carbons (Fsp3) is 0.500. The summed E-state index contributed by atoms with van der Waals surface area (Å²) in [6, 6.07) is 8.62. The van der Waals surface area contributed by atoms with Gasteiger partial charge in [-0.1, -0.05) is 64.1 Å². The largest absolute Gasteiger partial charge is 0.396 e. The zero-order chi connectivity index (χ0) is 12.9. The smallest absolute Gasteiger partial charge is 0.0485 e. The molecule has 0 aliphatic heterocycles. The van der Waals surface area contributed by atoms with Gasteiger partial charge in [-0.2, -0.15) is 0 Å². The fourth-order valence-electron chi connectivity index (χ4n) is 1.60. The molecule has 0 aliphatic carbocycles. The summed E-state index contributed by atoms with van der Waals surface area (Å²) >= 11 is 0. The van der Waals surface area contributed by atoms with Crippen LogP contribution in [0.1, 0.15) is 51.2 Å². The Morgan fingerprint density at radius 1 is 1.29 bits per heavy atom. The van der Waals surface area contributed by atoms with Gasteiger partial charge in [0.05, 0.1) is 0 Å². The SMILES string of the molecule is CC(C)c1cccc(/C=C/CC(C)(C)CO)c1. The van der Waals surface area contributed by atoms with Crippen molar-refractivity contribution in [1.82, 2.24) is 0 Å². The van der Waals surface area contributed by atoms with Crippen LogP contribution in [0, 0.1) is 5.41 Å². The third kappa shape index (κ3) is 4.74. The van der Waals surface area contributed by atoms with Gasteiger partial charge in [0.25, 0.3) is 0 Å². The molecule has 0 heterocycles.